The van der Waals surface area contributed by atoms with Gasteiger partial charge < -0.3 is 9.84 Å². The summed E-state index contributed by atoms with van der Waals surface area (Å²) < 4.78 is 5.66. The molecule has 0 radical (unpaired) electrons. The molecule has 1 aliphatic heterocycles. The van der Waals surface area contributed by atoms with Crippen molar-refractivity contribution in [3.05, 3.63) is 0 Å². The van der Waals surface area contributed by atoms with E-state index >= 15 is 0 Å². The van der Waals surface area contributed by atoms with Crippen LogP contribution in [0.1, 0.15) is 39.0 Å². The highest BCUT2D eigenvalue weighted by atomic mass is 16.5. The lowest BCUT2D eigenvalue weighted by molar-refractivity contribution is -0.145. The van der Waals surface area contributed by atoms with E-state index < -0.39 is 5.97 Å². The van der Waals surface area contributed by atoms with Crippen LogP contribution in [0, 0.1) is 17.8 Å². The topological polar surface area (TPSA) is 46.5 Å². The lowest BCUT2D eigenvalue weighted by Crippen LogP contribution is -2.36. The summed E-state index contributed by atoms with van der Waals surface area (Å²) >= 11 is 0. The molecule has 0 aromatic carbocycles. The number of rotatable bonds is 2. The third-order valence-corrected chi connectivity index (χ3v) is 4.05. The Labute approximate surface area is 90.8 Å². The van der Waals surface area contributed by atoms with E-state index in [0.29, 0.717) is 24.9 Å². The van der Waals surface area contributed by atoms with Crippen molar-refractivity contribution in [2.75, 3.05) is 6.61 Å². The van der Waals surface area contributed by atoms with Crippen LogP contribution < -0.4 is 0 Å². The van der Waals surface area contributed by atoms with Crippen LogP contribution in [0.25, 0.3) is 0 Å². The fourth-order valence-corrected chi connectivity index (χ4v) is 3.13. The molecule has 15 heavy (non-hydrogen) atoms. The van der Waals surface area contributed by atoms with E-state index in [4.69, 9.17) is 9.84 Å². The fourth-order valence-electron chi connectivity index (χ4n) is 3.13. The van der Waals surface area contributed by atoms with Gasteiger partial charge in [0.1, 0.15) is 0 Å². The monoisotopic (exact) mass is 212 g/mol. The molecule has 3 nitrogen and oxygen atoms in total. The van der Waals surface area contributed by atoms with Gasteiger partial charge in [-0.25, -0.2) is 0 Å². The molecule has 1 saturated heterocycles. The van der Waals surface area contributed by atoms with Gasteiger partial charge in [0.25, 0.3) is 0 Å². The first kappa shape index (κ1) is 10.9. The van der Waals surface area contributed by atoms with Gasteiger partial charge >= 0.3 is 5.97 Å². The smallest absolute Gasteiger partial charge is 0.309 e. The maximum atomic E-state index is 11.1. The number of carboxylic acid groups (broad SMARTS) is 1. The lowest BCUT2D eigenvalue weighted by Gasteiger charge is -2.34. The molecule has 2 rings (SSSR count). The summed E-state index contributed by atoms with van der Waals surface area (Å²) in [7, 11) is 0. The van der Waals surface area contributed by atoms with Crippen molar-refractivity contribution >= 4 is 5.97 Å². The maximum Gasteiger partial charge on any atom is 0.309 e. The highest BCUT2D eigenvalue weighted by molar-refractivity contribution is 5.71. The Morgan fingerprint density at radius 3 is 2.67 bits per heavy atom. The Balaban J connectivity index is 2.04. The van der Waals surface area contributed by atoms with Gasteiger partial charge in [0.05, 0.1) is 12.0 Å². The normalized spacial score (nSPS) is 41.7. The Kier molecular flexibility index (Phi) is 3.29. The number of carbonyl (C=O) groups is 1. The molecule has 1 aliphatic carbocycles. The summed E-state index contributed by atoms with van der Waals surface area (Å²) in [6, 6.07) is 0. The molecule has 2 aliphatic rings. The molecule has 0 amide bonds. The number of hydrogen-bond donors (Lipinski definition) is 1. The second kappa shape index (κ2) is 4.52. The van der Waals surface area contributed by atoms with Crippen molar-refractivity contribution in [1.29, 1.82) is 0 Å². The first-order valence-corrected chi connectivity index (χ1v) is 6.04. The predicted molar refractivity (Wildman–Crippen MR) is 56.6 cm³/mol. The second-order valence-electron chi connectivity index (χ2n) is 4.99. The average Bonchev–Trinajstić information content (AvgIpc) is 2.67. The number of carboxylic acids is 1. The molecular weight excluding hydrogens is 192 g/mol. The molecule has 4 atom stereocenters. The third-order valence-electron chi connectivity index (χ3n) is 4.05. The minimum absolute atomic E-state index is 0.0159. The van der Waals surface area contributed by atoms with Crippen molar-refractivity contribution in [2.45, 2.75) is 45.1 Å². The van der Waals surface area contributed by atoms with E-state index in [-0.39, 0.29) is 12.0 Å². The Bertz CT molecular complexity index is 239. The quantitative estimate of drug-likeness (QED) is 0.764. The van der Waals surface area contributed by atoms with E-state index in [2.05, 4.69) is 6.92 Å². The molecular formula is C12H20O3. The van der Waals surface area contributed by atoms with E-state index in [1.807, 2.05) is 0 Å². The van der Waals surface area contributed by atoms with Gasteiger partial charge in [-0.15, -0.1) is 0 Å². The molecule has 0 aromatic rings. The summed E-state index contributed by atoms with van der Waals surface area (Å²) in [6.45, 7) is 2.87. The van der Waals surface area contributed by atoms with Gasteiger partial charge in [0.15, 0.2) is 0 Å². The van der Waals surface area contributed by atoms with Crippen LogP contribution in [0.15, 0.2) is 0 Å². The van der Waals surface area contributed by atoms with Crippen LogP contribution >= 0.6 is 0 Å². The van der Waals surface area contributed by atoms with Gasteiger partial charge in [-0.05, 0) is 24.7 Å². The van der Waals surface area contributed by atoms with Gasteiger partial charge in [-0.1, -0.05) is 26.2 Å². The van der Waals surface area contributed by atoms with Gasteiger partial charge in [-0.3, -0.25) is 4.79 Å². The molecule has 1 heterocycles. The van der Waals surface area contributed by atoms with Crippen LogP contribution in [0.2, 0.25) is 0 Å². The van der Waals surface area contributed by atoms with Crippen molar-refractivity contribution in [3.8, 4) is 0 Å². The maximum absolute atomic E-state index is 11.1. The zero-order valence-electron chi connectivity index (χ0n) is 9.32. The van der Waals surface area contributed by atoms with Gasteiger partial charge in [-0.2, -0.15) is 0 Å². The summed E-state index contributed by atoms with van der Waals surface area (Å²) in [5.41, 5.74) is 0. The van der Waals surface area contributed by atoms with Crippen LogP contribution in [0.4, 0.5) is 0 Å². The molecule has 1 N–H and O–H groups in total. The van der Waals surface area contributed by atoms with Gasteiger partial charge in [0, 0.05) is 6.61 Å². The largest absolute Gasteiger partial charge is 0.481 e. The molecule has 2 fully saturated rings. The van der Waals surface area contributed by atoms with Crippen molar-refractivity contribution in [3.63, 3.8) is 0 Å². The van der Waals surface area contributed by atoms with E-state index in [1.165, 1.54) is 19.3 Å². The summed E-state index contributed by atoms with van der Waals surface area (Å²) in [4.78, 5) is 11.1. The van der Waals surface area contributed by atoms with Crippen LogP contribution in [-0.4, -0.2) is 23.8 Å². The minimum atomic E-state index is -0.671. The zero-order chi connectivity index (χ0) is 10.8. The first-order chi connectivity index (χ1) is 7.20. The highest BCUT2D eigenvalue weighted by Crippen LogP contribution is 2.39. The minimum Gasteiger partial charge on any atom is -0.481 e. The average molecular weight is 212 g/mol. The number of ether oxygens (including phenoxy) is 1. The highest BCUT2D eigenvalue weighted by Gasteiger charge is 2.41. The Morgan fingerprint density at radius 2 is 2.00 bits per heavy atom. The SMILES string of the molecule is CC1CCCCC1C1OCCC1C(=O)O. The zero-order valence-corrected chi connectivity index (χ0v) is 9.32. The second-order valence-corrected chi connectivity index (χ2v) is 4.99. The molecule has 3 heteroatoms. The first-order valence-electron chi connectivity index (χ1n) is 6.04. The molecule has 0 aromatic heterocycles. The summed E-state index contributed by atoms with van der Waals surface area (Å²) in [6.07, 6.45) is 5.59. The van der Waals surface area contributed by atoms with Crippen LogP contribution in [0.5, 0.6) is 0 Å². The molecule has 1 saturated carbocycles. The third kappa shape index (κ3) is 2.17. The molecule has 4 unspecified atom stereocenters. The number of aliphatic carboxylic acids is 1. The predicted octanol–water partition coefficient (Wildman–Crippen LogP) is 2.30. The van der Waals surface area contributed by atoms with Crippen molar-refractivity contribution < 1.29 is 14.6 Å². The standard InChI is InChI=1S/C12H20O3/c1-8-4-2-3-5-9(8)11-10(12(13)14)6-7-15-11/h8-11H,2-7H2,1H3,(H,13,14). The fraction of sp³-hybridized carbons (Fsp3) is 0.917. The summed E-state index contributed by atoms with van der Waals surface area (Å²) in [5.74, 6) is 0.178. The van der Waals surface area contributed by atoms with Crippen LogP contribution in [0.3, 0.4) is 0 Å². The van der Waals surface area contributed by atoms with Crippen molar-refractivity contribution in [2.24, 2.45) is 17.8 Å². The van der Waals surface area contributed by atoms with Crippen LogP contribution in [-0.2, 0) is 9.53 Å². The van der Waals surface area contributed by atoms with E-state index in [9.17, 15) is 4.79 Å². The number of hydrogen-bond acceptors (Lipinski definition) is 2. The summed E-state index contributed by atoms with van der Waals surface area (Å²) in [5, 5.41) is 9.12. The van der Waals surface area contributed by atoms with E-state index in [0.717, 1.165) is 6.42 Å². The molecule has 86 valence electrons. The van der Waals surface area contributed by atoms with E-state index in [1.54, 1.807) is 0 Å². The Hall–Kier alpha value is -0.570. The van der Waals surface area contributed by atoms with Crippen molar-refractivity contribution in [1.82, 2.24) is 0 Å². The van der Waals surface area contributed by atoms with Gasteiger partial charge in [0.2, 0.25) is 0 Å². The molecule has 0 bridgehead atoms. The molecule has 0 spiro atoms. The Morgan fingerprint density at radius 1 is 1.27 bits per heavy atom. The lowest BCUT2D eigenvalue weighted by atomic mass is 9.74.